The Balaban J connectivity index is 1.90. The molecule has 3 rings (SSSR count). The molecule has 0 unspecified atom stereocenters. The molecular formula is C23H16O5. The van der Waals surface area contributed by atoms with Crippen molar-refractivity contribution >= 4 is 24.3 Å². The fraction of sp³-hybridized carbons (Fsp3) is 0. The van der Waals surface area contributed by atoms with E-state index < -0.39 is 11.9 Å². The van der Waals surface area contributed by atoms with Crippen molar-refractivity contribution < 1.29 is 23.9 Å². The van der Waals surface area contributed by atoms with Gasteiger partial charge in [0.25, 0.3) is 0 Å². The summed E-state index contributed by atoms with van der Waals surface area (Å²) in [6.07, 6.45) is 3.50. The van der Waals surface area contributed by atoms with Crippen molar-refractivity contribution in [2.45, 2.75) is 0 Å². The number of hydrogen-bond acceptors (Lipinski definition) is 5. The van der Waals surface area contributed by atoms with E-state index in [4.69, 9.17) is 9.47 Å². The van der Waals surface area contributed by atoms with Crippen molar-refractivity contribution in [3.8, 4) is 11.5 Å². The lowest BCUT2D eigenvalue weighted by Gasteiger charge is -2.11. The summed E-state index contributed by atoms with van der Waals surface area (Å²) in [6.45, 7) is 0. The smallest absolute Gasteiger partial charge is 0.343 e. The van der Waals surface area contributed by atoms with E-state index in [1.165, 1.54) is 18.2 Å². The van der Waals surface area contributed by atoms with Crippen molar-refractivity contribution in [2.75, 3.05) is 0 Å². The number of rotatable bonds is 6. The number of carbonyl (C=O) groups excluding carboxylic acids is 3. The zero-order valence-electron chi connectivity index (χ0n) is 14.8. The molecule has 0 aliphatic rings. The molecule has 5 nitrogen and oxygen atoms in total. The number of allylic oxidation sites excluding steroid dienone is 1. The number of esters is 2. The topological polar surface area (TPSA) is 69.7 Å². The fourth-order valence-electron chi connectivity index (χ4n) is 2.41. The number of benzene rings is 3. The lowest BCUT2D eigenvalue weighted by atomic mass is 10.1. The van der Waals surface area contributed by atoms with Gasteiger partial charge in [-0.2, -0.15) is 0 Å². The molecule has 0 radical (unpaired) electrons. The third kappa shape index (κ3) is 4.80. The monoisotopic (exact) mass is 372 g/mol. The van der Waals surface area contributed by atoms with E-state index in [1.807, 2.05) is 0 Å². The molecule has 0 amide bonds. The van der Waals surface area contributed by atoms with Gasteiger partial charge in [-0.1, -0.05) is 48.5 Å². The van der Waals surface area contributed by atoms with Crippen LogP contribution in [0.2, 0.25) is 0 Å². The van der Waals surface area contributed by atoms with Crippen molar-refractivity contribution in [3.05, 3.63) is 102 Å². The number of carbonyl (C=O) groups is 3. The van der Waals surface area contributed by atoms with Crippen LogP contribution in [0, 0.1) is 0 Å². The lowest BCUT2D eigenvalue weighted by molar-refractivity contribution is -0.104. The largest absolute Gasteiger partial charge is 0.419 e. The minimum Gasteiger partial charge on any atom is -0.419 e. The van der Waals surface area contributed by atoms with Crippen LogP contribution in [0.1, 0.15) is 26.3 Å². The minimum absolute atomic E-state index is 0.0752. The molecule has 0 atom stereocenters. The highest BCUT2D eigenvalue weighted by Crippen LogP contribution is 2.30. The van der Waals surface area contributed by atoms with Crippen molar-refractivity contribution in [1.29, 1.82) is 0 Å². The third-order valence-corrected chi connectivity index (χ3v) is 3.76. The fourth-order valence-corrected chi connectivity index (χ4v) is 2.41. The predicted octanol–water partition coefficient (Wildman–Crippen LogP) is 4.34. The zero-order chi connectivity index (χ0) is 19.8. The Morgan fingerprint density at radius 1 is 0.679 bits per heavy atom. The molecule has 0 aliphatic heterocycles. The average Bonchev–Trinajstić information content (AvgIpc) is 2.75. The van der Waals surface area contributed by atoms with E-state index in [1.54, 1.807) is 72.8 Å². The van der Waals surface area contributed by atoms with Gasteiger partial charge in [-0.25, -0.2) is 9.59 Å². The zero-order valence-corrected chi connectivity index (χ0v) is 14.8. The quantitative estimate of drug-likeness (QED) is 0.279. The minimum atomic E-state index is -0.589. The van der Waals surface area contributed by atoms with Gasteiger partial charge in [0.15, 0.2) is 11.5 Å². The van der Waals surface area contributed by atoms with Crippen LogP contribution in [0.3, 0.4) is 0 Å². The first-order valence-corrected chi connectivity index (χ1v) is 8.48. The maximum absolute atomic E-state index is 12.4. The van der Waals surface area contributed by atoms with Crippen LogP contribution in [0.5, 0.6) is 11.5 Å². The van der Waals surface area contributed by atoms with Crippen LogP contribution in [0.15, 0.2) is 84.9 Å². The van der Waals surface area contributed by atoms with E-state index in [-0.39, 0.29) is 11.5 Å². The van der Waals surface area contributed by atoms with Gasteiger partial charge in [0.1, 0.15) is 6.29 Å². The summed E-state index contributed by atoms with van der Waals surface area (Å²) in [4.78, 5) is 35.3. The van der Waals surface area contributed by atoms with Crippen molar-refractivity contribution in [1.82, 2.24) is 0 Å². The first kappa shape index (κ1) is 18.8. The molecule has 5 heteroatoms. The van der Waals surface area contributed by atoms with Crippen LogP contribution in [0.4, 0.5) is 0 Å². The van der Waals surface area contributed by atoms with Gasteiger partial charge < -0.3 is 9.47 Å². The number of aldehydes is 1. The van der Waals surface area contributed by atoms with E-state index >= 15 is 0 Å². The van der Waals surface area contributed by atoms with Crippen molar-refractivity contribution in [3.63, 3.8) is 0 Å². The molecule has 0 heterocycles. The van der Waals surface area contributed by atoms with Crippen LogP contribution in [-0.4, -0.2) is 18.2 Å². The third-order valence-electron chi connectivity index (χ3n) is 3.76. The highest BCUT2D eigenvalue weighted by molar-refractivity contribution is 5.93. The standard InChI is InChI=1S/C23H16O5/c24-15-7-8-17-13-14-20(27-22(25)18-9-3-1-4-10-18)21(16-17)28-23(26)19-11-5-2-6-12-19/h1-16H/b8-7+. The van der Waals surface area contributed by atoms with Crippen molar-refractivity contribution in [2.24, 2.45) is 0 Å². The van der Waals surface area contributed by atoms with Crippen LogP contribution in [-0.2, 0) is 4.79 Å². The molecule has 0 saturated heterocycles. The van der Waals surface area contributed by atoms with Crippen LogP contribution >= 0.6 is 0 Å². The molecule has 0 N–H and O–H groups in total. The van der Waals surface area contributed by atoms with Gasteiger partial charge in [-0.15, -0.1) is 0 Å². The Labute approximate surface area is 161 Å². The molecule has 0 fully saturated rings. The Morgan fingerprint density at radius 3 is 1.75 bits per heavy atom. The van der Waals surface area contributed by atoms with Gasteiger partial charge in [0.2, 0.25) is 0 Å². The summed E-state index contributed by atoms with van der Waals surface area (Å²) in [5.41, 5.74) is 1.34. The summed E-state index contributed by atoms with van der Waals surface area (Å²) in [6, 6.07) is 21.6. The maximum atomic E-state index is 12.4. The average molecular weight is 372 g/mol. The normalized spacial score (nSPS) is 10.4. The Bertz CT molecular complexity index is 1010. The predicted molar refractivity (Wildman–Crippen MR) is 104 cm³/mol. The van der Waals surface area contributed by atoms with Gasteiger partial charge in [0.05, 0.1) is 11.1 Å². The maximum Gasteiger partial charge on any atom is 0.343 e. The Morgan fingerprint density at radius 2 is 1.21 bits per heavy atom. The van der Waals surface area contributed by atoms with Crippen LogP contribution < -0.4 is 9.47 Å². The highest BCUT2D eigenvalue weighted by atomic mass is 16.6. The lowest BCUT2D eigenvalue weighted by Crippen LogP contribution is -2.12. The Kier molecular flexibility index (Phi) is 6.10. The van der Waals surface area contributed by atoms with Crippen LogP contribution in [0.25, 0.3) is 6.08 Å². The molecule has 0 aliphatic carbocycles. The summed E-state index contributed by atoms with van der Waals surface area (Å²) < 4.78 is 10.9. The molecule has 28 heavy (non-hydrogen) atoms. The van der Waals surface area contributed by atoms with E-state index in [2.05, 4.69) is 0 Å². The molecule has 3 aromatic carbocycles. The van der Waals surface area contributed by atoms with E-state index in [0.29, 0.717) is 23.0 Å². The molecular weight excluding hydrogens is 356 g/mol. The number of hydrogen-bond donors (Lipinski definition) is 0. The summed E-state index contributed by atoms with van der Waals surface area (Å²) in [5.74, 6) is -0.990. The first-order valence-electron chi connectivity index (χ1n) is 8.48. The van der Waals surface area contributed by atoms with Gasteiger partial charge >= 0.3 is 11.9 Å². The highest BCUT2D eigenvalue weighted by Gasteiger charge is 2.16. The number of ether oxygens (including phenoxy) is 2. The summed E-state index contributed by atoms with van der Waals surface area (Å²) in [7, 11) is 0. The second-order valence-electron chi connectivity index (χ2n) is 5.71. The summed E-state index contributed by atoms with van der Waals surface area (Å²) >= 11 is 0. The molecule has 0 saturated carbocycles. The van der Waals surface area contributed by atoms with Gasteiger partial charge in [-0.05, 0) is 48.0 Å². The second-order valence-corrected chi connectivity index (χ2v) is 5.71. The van der Waals surface area contributed by atoms with E-state index in [0.717, 1.165) is 0 Å². The van der Waals surface area contributed by atoms with E-state index in [9.17, 15) is 14.4 Å². The summed E-state index contributed by atoms with van der Waals surface area (Å²) in [5, 5.41) is 0. The molecule has 3 aromatic rings. The SMILES string of the molecule is O=C/C=C/c1ccc(OC(=O)c2ccccc2)c(OC(=O)c2ccccc2)c1. The second kappa shape index (κ2) is 9.09. The molecule has 138 valence electrons. The Hall–Kier alpha value is -3.99. The van der Waals surface area contributed by atoms with Gasteiger partial charge in [0, 0.05) is 0 Å². The first-order chi connectivity index (χ1) is 13.7. The molecule has 0 bridgehead atoms. The molecule has 0 aromatic heterocycles. The molecule has 0 spiro atoms. The van der Waals surface area contributed by atoms with Gasteiger partial charge in [-0.3, -0.25) is 4.79 Å².